The highest BCUT2D eigenvalue weighted by Crippen LogP contribution is 2.20. The molecule has 146 valence electrons. The van der Waals surface area contributed by atoms with Gasteiger partial charge in [0.05, 0.1) is 23.4 Å². The number of nitrogens with one attached hydrogen (secondary N) is 3. The van der Waals surface area contributed by atoms with E-state index in [4.69, 9.17) is 5.73 Å². The molecule has 3 amide bonds. The van der Waals surface area contributed by atoms with E-state index in [1.165, 1.54) is 0 Å². The molecule has 1 fully saturated rings. The fourth-order valence-corrected chi connectivity index (χ4v) is 3.35. The van der Waals surface area contributed by atoms with Crippen LogP contribution in [-0.4, -0.2) is 30.3 Å². The van der Waals surface area contributed by atoms with Gasteiger partial charge in [-0.1, -0.05) is 37.1 Å². The number of benzene rings is 2. The average Bonchev–Trinajstić information content (AvgIpc) is 3.20. The molecule has 0 unspecified atom stereocenters. The second kappa shape index (κ2) is 9.03. The maximum absolute atomic E-state index is 12.6. The zero-order chi connectivity index (χ0) is 19.9. The molecule has 2 aromatic carbocycles. The highest BCUT2D eigenvalue weighted by molar-refractivity contribution is 6.05. The van der Waals surface area contributed by atoms with Crippen molar-refractivity contribution in [2.45, 2.75) is 31.7 Å². The molecule has 5 N–H and O–H groups in total. The normalized spacial score (nSPS) is 13.7. The summed E-state index contributed by atoms with van der Waals surface area (Å²) in [4.78, 5) is 36.4. The zero-order valence-electron chi connectivity index (χ0n) is 15.5. The summed E-state index contributed by atoms with van der Waals surface area (Å²) < 4.78 is 0. The van der Waals surface area contributed by atoms with Crippen molar-refractivity contribution >= 4 is 29.1 Å². The standard InChI is InChI=1S/C21H24N4O3/c22-20(27)15-9-3-5-11-17(15)23-13-19(26)25-18-12-6-4-10-16(18)21(28)24-14-7-1-2-8-14/h3-6,9-12,14,23H,1-2,7-8,13H2,(H2,22,27)(H,24,28)(H,25,26). The van der Waals surface area contributed by atoms with Gasteiger partial charge in [-0.05, 0) is 37.1 Å². The summed E-state index contributed by atoms with van der Waals surface area (Å²) in [5, 5.41) is 8.69. The third kappa shape index (κ3) is 4.88. The van der Waals surface area contributed by atoms with Crippen LogP contribution in [0.4, 0.5) is 11.4 Å². The SMILES string of the molecule is NC(=O)c1ccccc1NCC(=O)Nc1ccccc1C(=O)NC1CCCC1. The van der Waals surface area contributed by atoms with Crippen LogP contribution in [0, 0.1) is 0 Å². The van der Waals surface area contributed by atoms with Crippen molar-refractivity contribution < 1.29 is 14.4 Å². The van der Waals surface area contributed by atoms with Crippen LogP contribution in [0.3, 0.4) is 0 Å². The van der Waals surface area contributed by atoms with Crippen LogP contribution in [0.25, 0.3) is 0 Å². The lowest BCUT2D eigenvalue weighted by atomic mass is 10.1. The van der Waals surface area contributed by atoms with Gasteiger partial charge < -0.3 is 21.7 Å². The summed E-state index contributed by atoms with van der Waals surface area (Å²) in [6.07, 6.45) is 4.23. The second-order valence-electron chi connectivity index (χ2n) is 6.81. The Hall–Kier alpha value is -3.35. The lowest BCUT2D eigenvalue weighted by Gasteiger charge is -2.15. The van der Waals surface area contributed by atoms with Gasteiger partial charge in [0, 0.05) is 11.7 Å². The Morgan fingerprint density at radius 3 is 2.18 bits per heavy atom. The average molecular weight is 380 g/mol. The van der Waals surface area contributed by atoms with Crippen molar-refractivity contribution in [2.75, 3.05) is 17.2 Å². The van der Waals surface area contributed by atoms with Gasteiger partial charge in [0.25, 0.3) is 11.8 Å². The molecule has 2 aromatic rings. The molecule has 7 nitrogen and oxygen atoms in total. The first kappa shape index (κ1) is 19.4. The van der Waals surface area contributed by atoms with E-state index in [1.807, 2.05) is 0 Å². The second-order valence-corrected chi connectivity index (χ2v) is 6.81. The molecule has 0 bridgehead atoms. The summed E-state index contributed by atoms with van der Waals surface area (Å²) in [6, 6.07) is 13.8. The van der Waals surface area contributed by atoms with Crippen LogP contribution in [-0.2, 0) is 4.79 Å². The molecular formula is C21H24N4O3. The smallest absolute Gasteiger partial charge is 0.253 e. The van der Waals surface area contributed by atoms with Crippen LogP contribution in [0.1, 0.15) is 46.4 Å². The predicted molar refractivity (Wildman–Crippen MR) is 108 cm³/mol. The maximum Gasteiger partial charge on any atom is 0.253 e. The minimum absolute atomic E-state index is 0.0666. The molecule has 0 aromatic heterocycles. The third-order valence-corrected chi connectivity index (χ3v) is 4.77. The minimum Gasteiger partial charge on any atom is -0.376 e. The van der Waals surface area contributed by atoms with Gasteiger partial charge in [0.2, 0.25) is 5.91 Å². The van der Waals surface area contributed by atoms with E-state index in [-0.39, 0.29) is 24.4 Å². The summed E-state index contributed by atoms with van der Waals surface area (Å²) in [6.45, 7) is -0.0666. The minimum atomic E-state index is -0.572. The van der Waals surface area contributed by atoms with E-state index in [0.29, 0.717) is 22.5 Å². The van der Waals surface area contributed by atoms with E-state index in [9.17, 15) is 14.4 Å². The molecular weight excluding hydrogens is 356 g/mol. The first-order valence-corrected chi connectivity index (χ1v) is 9.37. The number of hydrogen-bond donors (Lipinski definition) is 4. The Kier molecular flexibility index (Phi) is 6.26. The summed E-state index contributed by atoms with van der Waals surface area (Å²) in [5.74, 6) is -1.09. The molecule has 0 aliphatic heterocycles. The number of rotatable bonds is 7. The fraction of sp³-hybridized carbons (Fsp3) is 0.286. The van der Waals surface area contributed by atoms with Crippen LogP contribution in [0.2, 0.25) is 0 Å². The lowest BCUT2D eigenvalue weighted by Crippen LogP contribution is -2.33. The molecule has 0 atom stereocenters. The number of amides is 3. The first-order chi connectivity index (χ1) is 13.5. The van der Waals surface area contributed by atoms with E-state index >= 15 is 0 Å². The van der Waals surface area contributed by atoms with E-state index in [2.05, 4.69) is 16.0 Å². The van der Waals surface area contributed by atoms with Crippen molar-refractivity contribution in [3.05, 3.63) is 59.7 Å². The number of hydrogen-bond acceptors (Lipinski definition) is 4. The number of anilines is 2. The maximum atomic E-state index is 12.6. The van der Waals surface area contributed by atoms with Crippen molar-refractivity contribution in [3.63, 3.8) is 0 Å². The lowest BCUT2D eigenvalue weighted by molar-refractivity contribution is -0.114. The highest BCUT2D eigenvalue weighted by atomic mass is 16.2. The third-order valence-electron chi connectivity index (χ3n) is 4.77. The number of carbonyl (C=O) groups excluding carboxylic acids is 3. The van der Waals surface area contributed by atoms with Gasteiger partial charge in [-0.15, -0.1) is 0 Å². The zero-order valence-corrected chi connectivity index (χ0v) is 15.5. The Labute approximate surface area is 163 Å². The number of carbonyl (C=O) groups is 3. The molecule has 7 heteroatoms. The van der Waals surface area contributed by atoms with Gasteiger partial charge in [-0.25, -0.2) is 0 Å². The van der Waals surface area contributed by atoms with Gasteiger partial charge in [-0.2, -0.15) is 0 Å². The van der Waals surface area contributed by atoms with Gasteiger partial charge in [0.1, 0.15) is 0 Å². The van der Waals surface area contributed by atoms with E-state index in [0.717, 1.165) is 25.7 Å². The Morgan fingerprint density at radius 1 is 0.893 bits per heavy atom. The summed E-state index contributed by atoms with van der Waals surface area (Å²) in [7, 11) is 0. The Balaban J connectivity index is 1.63. The van der Waals surface area contributed by atoms with Crippen molar-refractivity contribution in [1.82, 2.24) is 5.32 Å². The monoisotopic (exact) mass is 380 g/mol. The molecule has 28 heavy (non-hydrogen) atoms. The topological polar surface area (TPSA) is 113 Å². The molecule has 0 radical (unpaired) electrons. The molecule has 0 spiro atoms. The van der Waals surface area contributed by atoms with Crippen molar-refractivity contribution in [1.29, 1.82) is 0 Å². The number of primary amides is 1. The van der Waals surface area contributed by atoms with E-state index < -0.39 is 5.91 Å². The molecule has 1 aliphatic carbocycles. The number of nitrogens with two attached hydrogens (primary N) is 1. The van der Waals surface area contributed by atoms with Crippen molar-refractivity contribution in [2.24, 2.45) is 5.73 Å². The highest BCUT2D eigenvalue weighted by Gasteiger charge is 2.20. The van der Waals surface area contributed by atoms with E-state index in [1.54, 1.807) is 48.5 Å². The largest absolute Gasteiger partial charge is 0.376 e. The van der Waals surface area contributed by atoms with Crippen molar-refractivity contribution in [3.8, 4) is 0 Å². The predicted octanol–water partition coefficient (Wildman–Crippen LogP) is 2.51. The van der Waals surface area contributed by atoms with Crippen LogP contribution < -0.4 is 21.7 Å². The van der Waals surface area contributed by atoms with Crippen LogP contribution in [0.5, 0.6) is 0 Å². The van der Waals surface area contributed by atoms with Crippen LogP contribution in [0.15, 0.2) is 48.5 Å². The van der Waals surface area contributed by atoms with Crippen LogP contribution >= 0.6 is 0 Å². The number of para-hydroxylation sites is 2. The van der Waals surface area contributed by atoms with Gasteiger partial charge in [-0.3, -0.25) is 14.4 Å². The van der Waals surface area contributed by atoms with Gasteiger partial charge in [0.15, 0.2) is 0 Å². The van der Waals surface area contributed by atoms with Gasteiger partial charge >= 0.3 is 0 Å². The Morgan fingerprint density at radius 2 is 1.50 bits per heavy atom. The molecule has 3 rings (SSSR count). The molecule has 1 aliphatic rings. The molecule has 0 saturated heterocycles. The first-order valence-electron chi connectivity index (χ1n) is 9.37. The molecule has 0 heterocycles. The quantitative estimate of drug-likeness (QED) is 0.591. The Bertz CT molecular complexity index is 875. The summed E-state index contributed by atoms with van der Waals surface area (Å²) >= 11 is 0. The summed E-state index contributed by atoms with van der Waals surface area (Å²) in [5.41, 5.74) is 7.02. The fourth-order valence-electron chi connectivity index (χ4n) is 3.35. The molecule has 1 saturated carbocycles.